The maximum atomic E-state index is 11.9. The largest absolute Gasteiger partial charge is 0.462 e. The molecule has 0 aliphatic carbocycles. The molecule has 0 unspecified atom stereocenters. The summed E-state index contributed by atoms with van der Waals surface area (Å²) in [6, 6.07) is 12.0. The summed E-state index contributed by atoms with van der Waals surface area (Å²) in [5.41, 5.74) is 1.60. The van der Waals surface area contributed by atoms with Gasteiger partial charge >= 0.3 is 5.97 Å². The van der Waals surface area contributed by atoms with Crippen LogP contribution in [0.1, 0.15) is 17.3 Å². The van der Waals surface area contributed by atoms with E-state index in [1.165, 1.54) is 0 Å². The number of ether oxygens (including phenoxy) is 1. The number of hydrogen-bond donors (Lipinski definition) is 2. The maximum absolute atomic E-state index is 11.9. The molecule has 0 atom stereocenters. The Bertz CT molecular complexity index is 718. The van der Waals surface area contributed by atoms with Crippen LogP contribution in [0.4, 0.5) is 11.4 Å². The lowest BCUT2D eigenvalue weighted by Gasteiger charge is -2.14. The van der Waals surface area contributed by atoms with Gasteiger partial charge in [0.2, 0.25) is 0 Å². The zero-order chi connectivity index (χ0) is 16.8. The summed E-state index contributed by atoms with van der Waals surface area (Å²) in [5.74, 6) is -0.413. The average molecular weight is 369 g/mol. The monoisotopic (exact) mass is 368 g/mol. The van der Waals surface area contributed by atoms with E-state index < -0.39 is 5.97 Å². The Kier molecular flexibility index (Phi) is 6.21. The first kappa shape index (κ1) is 17.5. The fraction of sp³-hybridized carbons (Fsp3) is 0.125. The number of hydrogen-bond acceptors (Lipinski definition) is 3. The number of anilines is 2. The van der Waals surface area contributed by atoms with Gasteiger partial charge in [-0.1, -0.05) is 35.3 Å². The van der Waals surface area contributed by atoms with Crippen LogP contribution in [0.15, 0.2) is 42.5 Å². The van der Waals surface area contributed by atoms with E-state index in [9.17, 15) is 4.79 Å². The molecule has 2 aromatic rings. The highest BCUT2D eigenvalue weighted by Gasteiger charge is 2.12. The Labute approximate surface area is 149 Å². The predicted octanol–water partition coefficient (Wildman–Crippen LogP) is 4.98. The molecule has 0 bridgehead atoms. The molecule has 7 heteroatoms. The lowest BCUT2D eigenvalue weighted by atomic mass is 10.2. The number of benzene rings is 2. The summed E-state index contributed by atoms with van der Waals surface area (Å²) < 4.78 is 5.02. The van der Waals surface area contributed by atoms with Crippen molar-refractivity contribution in [2.75, 3.05) is 17.2 Å². The molecule has 0 amide bonds. The number of esters is 1. The lowest BCUT2D eigenvalue weighted by Crippen LogP contribution is -2.21. The Morgan fingerprint density at radius 3 is 2.43 bits per heavy atom. The number of nitrogens with one attached hydrogen (secondary N) is 2. The first-order valence-electron chi connectivity index (χ1n) is 6.80. The second kappa shape index (κ2) is 8.15. The topological polar surface area (TPSA) is 50.4 Å². The van der Waals surface area contributed by atoms with Gasteiger partial charge in [0.15, 0.2) is 5.11 Å². The highest BCUT2D eigenvalue weighted by atomic mass is 35.5. The second-order valence-corrected chi connectivity index (χ2v) is 5.78. The molecular weight excluding hydrogens is 355 g/mol. The molecule has 0 aliphatic rings. The predicted molar refractivity (Wildman–Crippen MR) is 98.7 cm³/mol. The molecule has 0 aliphatic heterocycles. The summed E-state index contributed by atoms with van der Waals surface area (Å²) in [7, 11) is 0. The second-order valence-electron chi connectivity index (χ2n) is 4.50. The molecule has 2 rings (SSSR count). The number of para-hydroxylation sites is 1. The summed E-state index contributed by atoms with van der Waals surface area (Å²) in [6.45, 7) is 2.06. The van der Waals surface area contributed by atoms with E-state index in [0.29, 0.717) is 38.7 Å². The van der Waals surface area contributed by atoms with Gasteiger partial charge in [0.05, 0.1) is 17.9 Å². The van der Waals surface area contributed by atoms with Gasteiger partial charge in [-0.25, -0.2) is 4.79 Å². The molecular formula is C16H14Cl2N2O2S. The average Bonchev–Trinajstić information content (AvgIpc) is 2.46. The van der Waals surface area contributed by atoms with Crippen LogP contribution in [-0.2, 0) is 4.74 Å². The molecule has 0 aromatic heterocycles. The molecule has 4 nitrogen and oxygen atoms in total. The van der Waals surface area contributed by atoms with Crippen LogP contribution >= 0.6 is 35.4 Å². The van der Waals surface area contributed by atoms with Crippen LogP contribution in [0.2, 0.25) is 10.0 Å². The Balaban J connectivity index is 2.13. The SMILES string of the molecule is CCOC(=O)c1ccccc1NC(=S)Nc1cc(Cl)cc(Cl)c1. The van der Waals surface area contributed by atoms with Crippen molar-refractivity contribution in [2.45, 2.75) is 6.92 Å². The van der Waals surface area contributed by atoms with Crippen molar-refractivity contribution in [1.29, 1.82) is 0 Å². The molecule has 0 radical (unpaired) electrons. The van der Waals surface area contributed by atoms with Crippen molar-refractivity contribution in [3.05, 3.63) is 58.1 Å². The first-order chi connectivity index (χ1) is 11.0. The minimum absolute atomic E-state index is 0.302. The zero-order valence-corrected chi connectivity index (χ0v) is 14.6. The van der Waals surface area contributed by atoms with Crippen molar-refractivity contribution in [3.8, 4) is 0 Å². The van der Waals surface area contributed by atoms with E-state index in [2.05, 4.69) is 10.6 Å². The van der Waals surface area contributed by atoms with Gasteiger partial charge in [0, 0.05) is 15.7 Å². The molecule has 0 saturated carbocycles. The van der Waals surface area contributed by atoms with Gasteiger partial charge in [-0.3, -0.25) is 0 Å². The third kappa shape index (κ3) is 5.10. The minimum atomic E-state index is -0.413. The van der Waals surface area contributed by atoms with E-state index in [-0.39, 0.29) is 0 Å². The number of carbonyl (C=O) groups excluding carboxylic acids is 1. The smallest absolute Gasteiger partial charge is 0.340 e. The van der Waals surface area contributed by atoms with E-state index >= 15 is 0 Å². The van der Waals surface area contributed by atoms with Gasteiger partial charge < -0.3 is 15.4 Å². The van der Waals surface area contributed by atoms with E-state index in [0.717, 1.165) is 0 Å². The van der Waals surface area contributed by atoms with Gasteiger partial charge in [0.25, 0.3) is 0 Å². The normalized spacial score (nSPS) is 10.0. The van der Waals surface area contributed by atoms with Crippen LogP contribution < -0.4 is 10.6 Å². The number of thiocarbonyl (C=S) groups is 1. The third-order valence-electron chi connectivity index (χ3n) is 2.79. The van der Waals surface area contributed by atoms with Gasteiger partial charge in [-0.05, 0) is 49.5 Å². The first-order valence-corrected chi connectivity index (χ1v) is 7.96. The fourth-order valence-corrected chi connectivity index (χ4v) is 2.64. The molecule has 0 fully saturated rings. The Morgan fingerprint density at radius 1 is 1.13 bits per heavy atom. The summed E-state index contributed by atoms with van der Waals surface area (Å²) in [6.07, 6.45) is 0. The lowest BCUT2D eigenvalue weighted by molar-refractivity contribution is 0.0527. The van der Waals surface area contributed by atoms with Gasteiger partial charge in [-0.15, -0.1) is 0 Å². The number of carbonyl (C=O) groups is 1. The highest BCUT2D eigenvalue weighted by Crippen LogP contribution is 2.23. The molecule has 120 valence electrons. The molecule has 0 spiro atoms. The summed E-state index contributed by atoms with van der Waals surface area (Å²) >= 11 is 17.1. The van der Waals surface area contributed by atoms with Crippen LogP contribution in [-0.4, -0.2) is 17.7 Å². The van der Waals surface area contributed by atoms with Crippen molar-refractivity contribution in [2.24, 2.45) is 0 Å². The van der Waals surface area contributed by atoms with Gasteiger partial charge in [-0.2, -0.15) is 0 Å². The van der Waals surface area contributed by atoms with Crippen molar-refractivity contribution in [3.63, 3.8) is 0 Å². The summed E-state index contributed by atoms with van der Waals surface area (Å²) in [5, 5.41) is 7.24. The van der Waals surface area contributed by atoms with Gasteiger partial charge in [0.1, 0.15) is 0 Å². The zero-order valence-electron chi connectivity index (χ0n) is 12.2. The van der Waals surface area contributed by atoms with Crippen molar-refractivity contribution in [1.82, 2.24) is 0 Å². The molecule has 23 heavy (non-hydrogen) atoms. The number of halogens is 2. The fourth-order valence-electron chi connectivity index (χ4n) is 1.89. The quantitative estimate of drug-likeness (QED) is 0.588. The van der Waals surface area contributed by atoms with Crippen LogP contribution in [0.25, 0.3) is 0 Å². The molecule has 2 aromatic carbocycles. The van der Waals surface area contributed by atoms with Crippen molar-refractivity contribution >= 4 is 57.9 Å². The van der Waals surface area contributed by atoms with E-state index in [4.69, 9.17) is 40.2 Å². The van der Waals surface area contributed by atoms with E-state index in [1.807, 2.05) is 0 Å². The van der Waals surface area contributed by atoms with Crippen molar-refractivity contribution < 1.29 is 9.53 Å². The highest BCUT2D eigenvalue weighted by molar-refractivity contribution is 7.80. The van der Waals surface area contributed by atoms with Crippen LogP contribution in [0.5, 0.6) is 0 Å². The standard InChI is InChI=1S/C16H14Cl2N2O2S/c1-2-22-15(21)13-5-3-4-6-14(13)20-16(23)19-12-8-10(17)7-11(18)9-12/h3-9H,2H2,1H3,(H2,19,20,23). The molecule has 2 N–H and O–H groups in total. The minimum Gasteiger partial charge on any atom is -0.462 e. The third-order valence-corrected chi connectivity index (χ3v) is 3.43. The Hall–Kier alpha value is -1.82. The number of rotatable bonds is 4. The molecule has 0 heterocycles. The van der Waals surface area contributed by atoms with Crippen LogP contribution in [0, 0.1) is 0 Å². The van der Waals surface area contributed by atoms with E-state index in [1.54, 1.807) is 49.4 Å². The Morgan fingerprint density at radius 2 is 1.78 bits per heavy atom. The maximum Gasteiger partial charge on any atom is 0.340 e. The molecule has 0 saturated heterocycles. The van der Waals surface area contributed by atoms with Crippen LogP contribution in [0.3, 0.4) is 0 Å². The summed E-state index contributed by atoms with van der Waals surface area (Å²) in [4.78, 5) is 11.9.